The minimum atomic E-state index is -0.423. The van der Waals surface area contributed by atoms with Gasteiger partial charge in [-0.3, -0.25) is 9.59 Å². The van der Waals surface area contributed by atoms with Crippen LogP contribution in [0.2, 0.25) is 0 Å². The van der Waals surface area contributed by atoms with Gasteiger partial charge in [-0.2, -0.15) is 0 Å². The molecule has 1 unspecified atom stereocenters. The number of rotatable bonds is 10. The van der Waals surface area contributed by atoms with Crippen molar-refractivity contribution in [2.75, 3.05) is 20.3 Å². The van der Waals surface area contributed by atoms with Crippen LogP contribution in [-0.4, -0.2) is 49.2 Å². The maximum Gasteiger partial charge on any atom is 0.325 e. The quantitative estimate of drug-likeness (QED) is 0.607. The average Bonchev–Trinajstić information content (AvgIpc) is 2.61. The van der Waals surface area contributed by atoms with Gasteiger partial charge in [-0.15, -0.1) is 0 Å². The summed E-state index contributed by atoms with van der Waals surface area (Å²) in [4.78, 5) is 26.4. The molecule has 1 atom stereocenters. The molecule has 0 heterocycles. The first-order valence-electron chi connectivity index (χ1n) is 8.97. The molecule has 0 N–H and O–H groups in total. The van der Waals surface area contributed by atoms with Crippen molar-refractivity contribution >= 4 is 11.9 Å². The number of aryl methyl sites for hydroxylation is 1. The number of methoxy groups -OCH3 is 1. The number of nitrogens with zero attached hydrogens (tertiary/aromatic N) is 1. The lowest BCUT2D eigenvalue weighted by Gasteiger charge is -2.26. The highest BCUT2D eigenvalue weighted by Crippen LogP contribution is 2.13. The van der Waals surface area contributed by atoms with Crippen LogP contribution >= 0.6 is 0 Å². The molecule has 0 radical (unpaired) electrons. The first-order chi connectivity index (χ1) is 11.9. The van der Waals surface area contributed by atoms with Crippen LogP contribution in [0, 0.1) is 0 Å². The Hall–Kier alpha value is -1.88. The van der Waals surface area contributed by atoms with Gasteiger partial charge in [0.15, 0.2) is 0 Å². The van der Waals surface area contributed by atoms with E-state index in [0.29, 0.717) is 5.56 Å². The number of carbonyl (C=O) groups is 2. The number of unbranched alkanes of at least 4 members (excludes halogenated alkanes) is 1. The van der Waals surface area contributed by atoms with Crippen LogP contribution in [0.3, 0.4) is 0 Å². The van der Waals surface area contributed by atoms with Crippen LogP contribution < -0.4 is 0 Å². The Balaban J connectivity index is 2.77. The van der Waals surface area contributed by atoms with Crippen molar-refractivity contribution in [3.8, 4) is 0 Å². The van der Waals surface area contributed by atoms with Crippen molar-refractivity contribution in [3.05, 3.63) is 35.4 Å². The second-order valence-corrected chi connectivity index (χ2v) is 6.56. The molecule has 0 saturated carbocycles. The monoisotopic (exact) mass is 349 g/mol. The molecule has 0 saturated heterocycles. The van der Waals surface area contributed by atoms with Gasteiger partial charge in [0.1, 0.15) is 13.2 Å². The highest BCUT2D eigenvalue weighted by molar-refractivity contribution is 5.96. The van der Waals surface area contributed by atoms with Gasteiger partial charge in [0.2, 0.25) is 0 Å². The summed E-state index contributed by atoms with van der Waals surface area (Å²) in [7, 11) is 1.56. The topological polar surface area (TPSA) is 55.8 Å². The standard InChI is InChI=1S/C20H31NO4/c1-6-7-9-17-10-8-11-18(12-17)20(23)21(15(2)3)13-19(22)25-14-16(4)24-5/h8,10-12,15-16H,6-7,9,13-14H2,1-5H3. The first-order valence-corrected chi connectivity index (χ1v) is 8.97. The summed E-state index contributed by atoms with van der Waals surface area (Å²) in [5.41, 5.74) is 1.76. The fraction of sp³-hybridized carbons (Fsp3) is 0.600. The van der Waals surface area contributed by atoms with E-state index in [1.165, 1.54) is 0 Å². The Kier molecular flexibility index (Phi) is 9.21. The van der Waals surface area contributed by atoms with E-state index in [2.05, 4.69) is 6.92 Å². The van der Waals surface area contributed by atoms with Crippen LogP contribution in [0.5, 0.6) is 0 Å². The molecule has 0 spiro atoms. The average molecular weight is 349 g/mol. The van der Waals surface area contributed by atoms with E-state index in [4.69, 9.17) is 9.47 Å². The highest BCUT2D eigenvalue weighted by atomic mass is 16.6. The third kappa shape index (κ3) is 7.26. The number of amides is 1. The normalized spacial score (nSPS) is 12.1. The molecule has 1 aromatic carbocycles. The molecule has 0 bridgehead atoms. The van der Waals surface area contributed by atoms with E-state index in [-0.39, 0.29) is 31.2 Å². The summed E-state index contributed by atoms with van der Waals surface area (Å²) in [6.45, 7) is 7.87. The summed E-state index contributed by atoms with van der Waals surface area (Å²) in [5.74, 6) is -0.571. The van der Waals surface area contributed by atoms with Crippen LogP contribution in [0.15, 0.2) is 24.3 Å². The zero-order valence-corrected chi connectivity index (χ0v) is 16.1. The maximum atomic E-state index is 12.8. The van der Waals surface area contributed by atoms with Crippen LogP contribution in [0.1, 0.15) is 56.5 Å². The molecular formula is C20H31NO4. The Bertz CT molecular complexity index is 556. The van der Waals surface area contributed by atoms with E-state index in [9.17, 15) is 9.59 Å². The Morgan fingerprint density at radius 3 is 2.52 bits per heavy atom. The van der Waals surface area contributed by atoms with Gasteiger partial charge < -0.3 is 14.4 Å². The van der Waals surface area contributed by atoms with Crippen LogP contribution in [-0.2, 0) is 20.7 Å². The van der Waals surface area contributed by atoms with Crippen LogP contribution in [0.4, 0.5) is 0 Å². The van der Waals surface area contributed by atoms with Crippen LogP contribution in [0.25, 0.3) is 0 Å². The van der Waals surface area contributed by atoms with Crippen molar-refractivity contribution in [3.63, 3.8) is 0 Å². The molecule has 0 aliphatic heterocycles. The molecule has 0 fully saturated rings. The fourth-order valence-corrected chi connectivity index (χ4v) is 2.36. The molecule has 140 valence electrons. The number of ether oxygens (including phenoxy) is 2. The predicted octanol–water partition coefficient (Wildman–Crippen LogP) is 3.46. The van der Waals surface area contributed by atoms with Gasteiger partial charge in [0.05, 0.1) is 6.10 Å². The smallest absolute Gasteiger partial charge is 0.325 e. The first kappa shape index (κ1) is 21.2. The lowest BCUT2D eigenvalue weighted by Crippen LogP contribution is -2.41. The molecule has 25 heavy (non-hydrogen) atoms. The SMILES string of the molecule is CCCCc1cccc(C(=O)N(CC(=O)OCC(C)OC)C(C)C)c1. The van der Waals surface area contributed by atoms with E-state index in [1.54, 1.807) is 18.1 Å². The molecule has 0 aliphatic carbocycles. The summed E-state index contributed by atoms with van der Waals surface area (Å²) in [5, 5.41) is 0. The van der Waals surface area contributed by atoms with Gasteiger partial charge in [-0.05, 0) is 51.3 Å². The maximum absolute atomic E-state index is 12.8. The Labute approximate surface area is 151 Å². The molecule has 1 rings (SSSR count). The minimum Gasteiger partial charge on any atom is -0.462 e. The van der Waals surface area contributed by atoms with E-state index in [0.717, 1.165) is 24.8 Å². The third-order valence-corrected chi connectivity index (χ3v) is 4.06. The predicted molar refractivity (Wildman–Crippen MR) is 98.7 cm³/mol. The van der Waals surface area contributed by atoms with Crippen molar-refractivity contribution in [2.24, 2.45) is 0 Å². The second kappa shape index (κ2) is 10.9. The highest BCUT2D eigenvalue weighted by Gasteiger charge is 2.22. The van der Waals surface area contributed by atoms with Crippen molar-refractivity contribution in [2.45, 2.75) is 59.1 Å². The zero-order valence-electron chi connectivity index (χ0n) is 16.1. The number of hydrogen-bond acceptors (Lipinski definition) is 4. The van der Waals surface area contributed by atoms with E-state index < -0.39 is 5.97 Å². The summed E-state index contributed by atoms with van der Waals surface area (Å²) in [6.07, 6.45) is 3.00. The Morgan fingerprint density at radius 2 is 1.92 bits per heavy atom. The van der Waals surface area contributed by atoms with Crippen molar-refractivity contribution in [1.29, 1.82) is 0 Å². The summed E-state index contributed by atoms with van der Waals surface area (Å²) < 4.78 is 10.2. The molecule has 1 aromatic rings. The fourth-order valence-electron chi connectivity index (χ4n) is 2.36. The van der Waals surface area contributed by atoms with Gasteiger partial charge in [-0.25, -0.2) is 0 Å². The number of carbonyl (C=O) groups excluding carboxylic acids is 2. The van der Waals surface area contributed by atoms with E-state index >= 15 is 0 Å². The largest absolute Gasteiger partial charge is 0.462 e. The van der Waals surface area contributed by atoms with Gasteiger partial charge in [0, 0.05) is 18.7 Å². The molecule has 5 nitrogen and oxygen atoms in total. The van der Waals surface area contributed by atoms with Gasteiger partial charge in [-0.1, -0.05) is 25.5 Å². The van der Waals surface area contributed by atoms with Crippen molar-refractivity contribution < 1.29 is 19.1 Å². The van der Waals surface area contributed by atoms with Gasteiger partial charge in [0.25, 0.3) is 5.91 Å². The van der Waals surface area contributed by atoms with Gasteiger partial charge >= 0.3 is 5.97 Å². The lowest BCUT2D eigenvalue weighted by molar-refractivity contribution is -0.147. The molecule has 0 aliphatic rings. The Morgan fingerprint density at radius 1 is 1.20 bits per heavy atom. The number of benzene rings is 1. The molecule has 1 amide bonds. The van der Waals surface area contributed by atoms with E-state index in [1.807, 2.05) is 39.0 Å². The molecule has 0 aromatic heterocycles. The molecule has 5 heteroatoms. The number of esters is 1. The summed E-state index contributed by atoms with van der Waals surface area (Å²) in [6, 6.07) is 7.55. The summed E-state index contributed by atoms with van der Waals surface area (Å²) >= 11 is 0. The van der Waals surface area contributed by atoms with Crippen molar-refractivity contribution in [1.82, 2.24) is 4.90 Å². The molecular weight excluding hydrogens is 318 g/mol. The third-order valence-electron chi connectivity index (χ3n) is 4.06. The zero-order chi connectivity index (χ0) is 18.8. The minimum absolute atomic E-state index is 0.0634. The second-order valence-electron chi connectivity index (χ2n) is 6.56. The lowest BCUT2D eigenvalue weighted by atomic mass is 10.0. The number of hydrogen-bond donors (Lipinski definition) is 0.